The number of anilines is 1. The van der Waals surface area contributed by atoms with E-state index in [0.29, 0.717) is 5.69 Å². The number of benzene rings is 2. The van der Waals surface area contributed by atoms with Gasteiger partial charge in [-0.25, -0.2) is 0 Å². The maximum atomic E-state index is 12.6. The molecule has 1 heterocycles. The van der Waals surface area contributed by atoms with Gasteiger partial charge in [0.25, 0.3) is 0 Å². The summed E-state index contributed by atoms with van der Waals surface area (Å²) in [6.07, 6.45) is 0.282. The summed E-state index contributed by atoms with van der Waals surface area (Å²) in [6.45, 7) is 2.01. The van der Waals surface area contributed by atoms with Gasteiger partial charge in [-0.05, 0) is 23.6 Å². The number of carbonyl (C=O) groups excluding carboxylic acids is 2. The van der Waals surface area contributed by atoms with Crippen molar-refractivity contribution in [1.29, 1.82) is 0 Å². The molecule has 21 heavy (non-hydrogen) atoms. The molecule has 3 nitrogen and oxygen atoms in total. The van der Waals surface area contributed by atoms with E-state index in [1.165, 1.54) is 4.90 Å². The fourth-order valence-electron chi connectivity index (χ4n) is 2.88. The molecule has 2 atom stereocenters. The van der Waals surface area contributed by atoms with Crippen LogP contribution in [0, 0.1) is 5.92 Å². The van der Waals surface area contributed by atoms with Gasteiger partial charge < -0.3 is 0 Å². The first kappa shape index (κ1) is 13.6. The van der Waals surface area contributed by atoms with Crippen LogP contribution < -0.4 is 4.90 Å². The van der Waals surface area contributed by atoms with E-state index in [4.69, 9.17) is 0 Å². The Labute approximate surface area is 124 Å². The molecule has 0 unspecified atom stereocenters. The minimum Gasteiger partial charge on any atom is -0.274 e. The lowest BCUT2D eigenvalue weighted by Gasteiger charge is -2.19. The second-order valence-corrected chi connectivity index (χ2v) is 5.41. The van der Waals surface area contributed by atoms with Crippen LogP contribution in [0.1, 0.15) is 24.8 Å². The highest BCUT2D eigenvalue weighted by Crippen LogP contribution is 2.35. The topological polar surface area (TPSA) is 37.4 Å². The van der Waals surface area contributed by atoms with Crippen LogP contribution in [0.4, 0.5) is 5.69 Å². The second-order valence-electron chi connectivity index (χ2n) is 5.41. The van der Waals surface area contributed by atoms with E-state index < -0.39 is 0 Å². The number of imide groups is 1. The molecule has 3 heteroatoms. The van der Waals surface area contributed by atoms with Gasteiger partial charge in [0.1, 0.15) is 0 Å². The third kappa shape index (κ3) is 2.47. The van der Waals surface area contributed by atoms with Gasteiger partial charge in [0.05, 0.1) is 11.6 Å². The Morgan fingerprint density at radius 3 is 2.14 bits per heavy atom. The lowest BCUT2D eigenvalue weighted by molar-refractivity contribution is -0.122. The summed E-state index contributed by atoms with van der Waals surface area (Å²) in [6, 6.07) is 19.0. The van der Waals surface area contributed by atoms with Crippen LogP contribution in [-0.2, 0) is 9.59 Å². The zero-order chi connectivity index (χ0) is 14.8. The van der Waals surface area contributed by atoms with E-state index in [2.05, 4.69) is 0 Å². The SMILES string of the molecule is C[C@H](c1ccccc1)[C@H]1CC(=O)N(c2ccccc2)C1=O. The highest BCUT2D eigenvalue weighted by atomic mass is 16.2. The number of amides is 2. The largest absolute Gasteiger partial charge is 0.274 e. The molecular formula is C18H17NO2. The van der Waals surface area contributed by atoms with Gasteiger partial charge in [-0.2, -0.15) is 0 Å². The zero-order valence-corrected chi connectivity index (χ0v) is 11.9. The van der Waals surface area contributed by atoms with Crippen LogP contribution in [0.2, 0.25) is 0 Å². The highest BCUT2D eigenvalue weighted by molar-refractivity contribution is 6.21. The minimum atomic E-state index is -0.278. The lowest BCUT2D eigenvalue weighted by Crippen LogP contribution is -2.31. The first-order valence-corrected chi connectivity index (χ1v) is 7.15. The number of rotatable bonds is 3. The van der Waals surface area contributed by atoms with Gasteiger partial charge in [0.15, 0.2) is 0 Å². The second kappa shape index (κ2) is 5.52. The molecule has 2 aromatic carbocycles. The number of nitrogens with zero attached hydrogens (tertiary/aromatic N) is 1. The van der Waals surface area contributed by atoms with E-state index in [1.54, 1.807) is 12.1 Å². The summed E-state index contributed by atoms with van der Waals surface area (Å²) in [5.74, 6) is -0.446. The fourth-order valence-corrected chi connectivity index (χ4v) is 2.88. The fraction of sp³-hybridized carbons (Fsp3) is 0.222. The molecule has 1 fully saturated rings. The molecule has 0 aromatic heterocycles. The maximum Gasteiger partial charge on any atom is 0.237 e. The molecule has 2 amide bonds. The van der Waals surface area contributed by atoms with Crippen LogP contribution in [-0.4, -0.2) is 11.8 Å². The molecule has 0 spiro atoms. The standard InChI is InChI=1S/C18H17NO2/c1-13(14-8-4-2-5-9-14)16-12-17(20)19(18(16)21)15-10-6-3-7-11-15/h2-11,13,16H,12H2,1H3/t13-,16-/m1/s1. The summed E-state index contributed by atoms with van der Waals surface area (Å²) < 4.78 is 0. The van der Waals surface area contributed by atoms with Gasteiger partial charge in [-0.15, -0.1) is 0 Å². The van der Waals surface area contributed by atoms with Gasteiger partial charge >= 0.3 is 0 Å². The maximum absolute atomic E-state index is 12.6. The van der Waals surface area contributed by atoms with Crippen LogP contribution in [0.15, 0.2) is 60.7 Å². The van der Waals surface area contributed by atoms with Crippen molar-refractivity contribution < 1.29 is 9.59 Å². The molecule has 0 radical (unpaired) electrons. The third-order valence-corrected chi connectivity index (χ3v) is 4.12. The number of para-hydroxylation sites is 1. The molecule has 0 N–H and O–H groups in total. The first-order chi connectivity index (χ1) is 10.2. The van der Waals surface area contributed by atoms with Crippen molar-refractivity contribution in [3.63, 3.8) is 0 Å². The van der Waals surface area contributed by atoms with Crippen molar-refractivity contribution in [2.75, 3.05) is 4.90 Å². The van der Waals surface area contributed by atoms with E-state index in [9.17, 15) is 9.59 Å². The molecule has 1 aliphatic heterocycles. The number of hydrogen-bond donors (Lipinski definition) is 0. The third-order valence-electron chi connectivity index (χ3n) is 4.12. The van der Waals surface area contributed by atoms with Gasteiger partial charge in [0.2, 0.25) is 11.8 Å². The average molecular weight is 279 g/mol. The Balaban J connectivity index is 1.87. The molecular weight excluding hydrogens is 262 g/mol. The summed E-state index contributed by atoms with van der Waals surface area (Å²) in [5, 5.41) is 0. The van der Waals surface area contributed by atoms with E-state index in [-0.39, 0.29) is 30.1 Å². The molecule has 0 aliphatic carbocycles. The van der Waals surface area contributed by atoms with E-state index in [1.807, 2.05) is 55.5 Å². The molecule has 1 aliphatic rings. The van der Waals surface area contributed by atoms with Crippen molar-refractivity contribution in [2.24, 2.45) is 5.92 Å². The molecule has 3 rings (SSSR count). The van der Waals surface area contributed by atoms with Crippen LogP contribution in [0.25, 0.3) is 0 Å². The normalized spacial score (nSPS) is 19.9. The van der Waals surface area contributed by atoms with Crippen molar-refractivity contribution in [3.8, 4) is 0 Å². The predicted octanol–water partition coefficient (Wildman–Crippen LogP) is 3.37. The first-order valence-electron chi connectivity index (χ1n) is 7.15. The molecule has 106 valence electrons. The van der Waals surface area contributed by atoms with Crippen molar-refractivity contribution in [1.82, 2.24) is 0 Å². The highest BCUT2D eigenvalue weighted by Gasteiger charge is 2.42. The van der Waals surface area contributed by atoms with E-state index in [0.717, 1.165) is 5.56 Å². The number of carbonyl (C=O) groups is 2. The van der Waals surface area contributed by atoms with Crippen LogP contribution in [0.5, 0.6) is 0 Å². The summed E-state index contributed by atoms with van der Waals surface area (Å²) in [7, 11) is 0. The van der Waals surface area contributed by atoms with Crippen molar-refractivity contribution in [3.05, 3.63) is 66.2 Å². The van der Waals surface area contributed by atoms with Gasteiger partial charge in [0, 0.05) is 6.42 Å². The Kier molecular flexibility index (Phi) is 3.57. The van der Waals surface area contributed by atoms with Crippen molar-refractivity contribution in [2.45, 2.75) is 19.3 Å². The lowest BCUT2D eigenvalue weighted by atomic mass is 9.86. The van der Waals surface area contributed by atoms with Crippen molar-refractivity contribution >= 4 is 17.5 Å². The minimum absolute atomic E-state index is 0.0383. The van der Waals surface area contributed by atoms with E-state index >= 15 is 0 Å². The Bertz CT molecular complexity index is 651. The van der Waals surface area contributed by atoms with Gasteiger partial charge in [-0.3, -0.25) is 14.5 Å². The molecule has 2 aromatic rings. The average Bonchev–Trinajstić information content (AvgIpc) is 2.83. The Hall–Kier alpha value is -2.42. The summed E-state index contributed by atoms with van der Waals surface area (Å²) >= 11 is 0. The Morgan fingerprint density at radius 2 is 1.52 bits per heavy atom. The molecule has 1 saturated heterocycles. The predicted molar refractivity (Wildman–Crippen MR) is 81.9 cm³/mol. The zero-order valence-electron chi connectivity index (χ0n) is 11.9. The quantitative estimate of drug-likeness (QED) is 0.808. The Morgan fingerprint density at radius 1 is 0.952 bits per heavy atom. The monoisotopic (exact) mass is 279 g/mol. The van der Waals surface area contributed by atoms with Gasteiger partial charge in [-0.1, -0.05) is 55.5 Å². The molecule has 0 bridgehead atoms. The van der Waals surface area contributed by atoms with Crippen LogP contribution in [0.3, 0.4) is 0 Å². The smallest absolute Gasteiger partial charge is 0.237 e. The summed E-state index contributed by atoms with van der Waals surface area (Å²) in [4.78, 5) is 26.2. The summed E-state index contributed by atoms with van der Waals surface area (Å²) in [5.41, 5.74) is 1.76. The van der Waals surface area contributed by atoms with Crippen LogP contribution >= 0.6 is 0 Å². The molecule has 0 saturated carbocycles. The number of hydrogen-bond acceptors (Lipinski definition) is 2.